The van der Waals surface area contributed by atoms with Crippen LogP contribution in [0.2, 0.25) is 0 Å². The van der Waals surface area contributed by atoms with Crippen molar-refractivity contribution < 1.29 is 28.6 Å². The van der Waals surface area contributed by atoms with Crippen LogP contribution in [-0.2, 0) is 14.3 Å². The van der Waals surface area contributed by atoms with E-state index in [0.29, 0.717) is 23.7 Å². The number of ether oxygens (including phenoxy) is 3. The van der Waals surface area contributed by atoms with Crippen LogP contribution in [0.3, 0.4) is 0 Å². The molecule has 0 aliphatic carbocycles. The lowest BCUT2D eigenvalue weighted by atomic mass is 10.1. The number of methoxy groups -OCH3 is 2. The van der Waals surface area contributed by atoms with Gasteiger partial charge in [-0.05, 0) is 49.4 Å². The largest absolute Gasteiger partial charge is 0.493 e. The minimum atomic E-state index is -0.974. The first kappa shape index (κ1) is 18.9. The fourth-order valence-electron chi connectivity index (χ4n) is 2.29. The molecule has 8 heteroatoms. The first-order valence-electron chi connectivity index (χ1n) is 7.58. The minimum Gasteiger partial charge on any atom is -0.493 e. The van der Waals surface area contributed by atoms with Gasteiger partial charge in [0, 0.05) is 0 Å². The normalized spacial score (nSPS) is 17.0. The fourth-order valence-corrected chi connectivity index (χ4v) is 3.20. The predicted molar refractivity (Wildman–Crippen MR) is 93.5 cm³/mol. The van der Waals surface area contributed by atoms with Crippen LogP contribution < -0.4 is 9.47 Å². The van der Waals surface area contributed by atoms with Gasteiger partial charge in [-0.3, -0.25) is 14.5 Å². The van der Waals surface area contributed by atoms with Crippen molar-refractivity contribution in [2.45, 2.75) is 19.9 Å². The molecule has 0 bridgehead atoms. The molecule has 1 aliphatic heterocycles. The quantitative estimate of drug-likeness (QED) is 0.566. The van der Waals surface area contributed by atoms with Crippen LogP contribution in [0, 0.1) is 0 Å². The molecule has 1 fully saturated rings. The highest BCUT2D eigenvalue weighted by atomic mass is 32.2. The van der Waals surface area contributed by atoms with Crippen molar-refractivity contribution in [2.24, 2.45) is 0 Å². The Morgan fingerprint density at radius 3 is 2.60 bits per heavy atom. The molecule has 1 unspecified atom stereocenters. The van der Waals surface area contributed by atoms with Crippen LogP contribution in [0.15, 0.2) is 23.1 Å². The highest BCUT2D eigenvalue weighted by Gasteiger charge is 2.41. The molecule has 1 atom stereocenters. The van der Waals surface area contributed by atoms with E-state index < -0.39 is 23.2 Å². The molecule has 0 spiro atoms. The summed E-state index contributed by atoms with van der Waals surface area (Å²) in [5.74, 6) is -0.0550. The summed E-state index contributed by atoms with van der Waals surface area (Å²) in [4.78, 5) is 37.3. The van der Waals surface area contributed by atoms with Crippen molar-refractivity contribution in [1.82, 2.24) is 4.90 Å². The second-order valence-electron chi connectivity index (χ2n) is 5.09. The smallest absolute Gasteiger partial charge is 0.328 e. The topological polar surface area (TPSA) is 82.1 Å². The zero-order valence-electron chi connectivity index (χ0n) is 14.4. The summed E-state index contributed by atoms with van der Waals surface area (Å²) in [6.07, 6.45) is 1.58. The van der Waals surface area contributed by atoms with Gasteiger partial charge in [0.25, 0.3) is 11.1 Å². The molecule has 0 radical (unpaired) electrons. The molecule has 2 rings (SSSR count). The van der Waals surface area contributed by atoms with Crippen molar-refractivity contribution in [3.05, 3.63) is 28.7 Å². The van der Waals surface area contributed by atoms with E-state index in [1.54, 1.807) is 24.3 Å². The molecule has 1 saturated heterocycles. The third kappa shape index (κ3) is 3.96. The van der Waals surface area contributed by atoms with Crippen molar-refractivity contribution in [3.8, 4) is 11.5 Å². The molecule has 2 amide bonds. The molecule has 0 N–H and O–H groups in total. The molecule has 1 aromatic rings. The molecule has 0 saturated carbocycles. The highest BCUT2D eigenvalue weighted by molar-refractivity contribution is 8.18. The van der Waals surface area contributed by atoms with E-state index in [9.17, 15) is 14.4 Å². The first-order chi connectivity index (χ1) is 11.9. The van der Waals surface area contributed by atoms with Gasteiger partial charge < -0.3 is 14.2 Å². The zero-order valence-corrected chi connectivity index (χ0v) is 15.2. The number of nitrogens with zero attached hydrogens (tertiary/aromatic N) is 1. The number of imide groups is 1. The van der Waals surface area contributed by atoms with Gasteiger partial charge in [-0.15, -0.1) is 0 Å². The Morgan fingerprint density at radius 1 is 1.28 bits per heavy atom. The summed E-state index contributed by atoms with van der Waals surface area (Å²) in [5, 5.41) is -0.507. The molecule has 1 heterocycles. The summed E-state index contributed by atoms with van der Waals surface area (Å²) in [6, 6.07) is 4.22. The Balaban J connectivity index is 2.30. The Hall–Kier alpha value is -2.48. The van der Waals surface area contributed by atoms with Crippen LogP contribution in [0.4, 0.5) is 4.79 Å². The summed E-state index contributed by atoms with van der Waals surface area (Å²) in [5.41, 5.74) is 0.681. The van der Waals surface area contributed by atoms with Gasteiger partial charge in [-0.2, -0.15) is 0 Å². The second kappa shape index (κ2) is 8.06. The molecule has 0 aromatic heterocycles. The molecule has 7 nitrogen and oxygen atoms in total. The van der Waals surface area contributed by atoms with E-state index in [1.807, 2.05) is 6.92 Å². The van der Waals surface area contributed by atoms with Crippen molar-refractivity contribution in [2.75, 3.05) is 20.8 Å². The van der Waals surface area contributed by atoms with E-state index in [-0.39, 0.29) is 4.91 Å². The maximum atomic E-state index is 12.5. The third-order valence-electron chi connectivity index (χ3n) is 3.54. The number of esters is 1. The van der Waals surface area contributed by atoms with E-state index in [1.165, 1.54) is 21.1 Å². The van der Waals surface area contributed by atoms with E-state index in [2.05, 4.69) is 4.74 Å². The highest BCUT2D eigenvalue weighted by Crippen LogP contribution is 2.35. The van der Waals surface area contributed by atoms with Crippen LogP contribution in [-0.4, -0.2) is 48.9 Å². The van der Waals surface area contributed by atoms with Crippen molar-refractivity contribution in [3.63, 3.8) is 0 Å². The maximum Gasteiger partial charge on any atom is 0.328 e. The molecule has 134 valence electrons. The van der Waals surface area contributed by atoms with Gasteiger partial charge in [0.05, 0.1) is 25.7 Å². The number of carbonyl (C=O) groups excluding carboxylic acids is 3. The van der Waals surface area contributed by atoms with Gasteiger partial charge in [0.15, 0.2) is 11.5 Å². The number of benzene rings is 1. The van der Waals surface area contributed by atoms with Crippen LogP contribution in [0.1, 0.15) is 19.4 Å². The average molecular weight is 365 g/mol. The van der Waals surface area contributed by atoms with Crippen LogP contribution >= 0.6 is 11.8 Å². The summed E-state index contributed by atoms with van der Waals surface area (Å²) in [7, 11) is 2.75. The summed E-state index contributed by atoms with van der Waals surface area (Å²) < 4.78 is 15.3. The number of hydrogen-bond donors (Lipinski definition) is 0. The van der Waals surface area contributed by atoms with E-state index >= 15 is 0 Å². The second-order valence-corrected chi connectivity index (χ2v) is 6.09. The molecule has 25 heavy (non-hydrogen) atoms. The number of thioether (sulfide) groups is 1. The van der Waals surface area contributed by atoms with Crippen molar-refractivity contribution >= 4 is 35.0 Å². The molecule has 1 aromatic carbocycles. The Labute approximate surface area is 149 Å². The fraction of sp³-hybridized carbons (Fsp3) is 0.353. The van der Waals surface area contributed by atoms with Gasteiger partial charge in [-0.1, -0.05) is 6.07 Å². The lowest BCUT2D eigenvalue weighted by molar-refractivity contribution is -0.148. The number of carbonyl (C=O) groups is 3. The maximum absolute atomic E-state index is 12.5. The van der Waals surface area contributed by atoms with Gasteiger partial charge in [0.1, 0.15) is 6.04 Å². The van der Waals surface area contributed by atoms with Crippen molar-refractivity contribution in [1.29, 1.82) is 0 Å². The Morgan fingerprint density at radius 2 is 2.00 bits per heavy atom. The molecular weight excluding hydrogens is 346 g/mol. The predicted octanol–water partition coefficient (Wildman–Crippen LogP) is 2.69. The molecular formula is C17H19NO6S. The lowest BCUT2D eigenvalue weighted by Crippen LogP contribution is -2.42. The number of amides is 2. The monoisotopic (exact) mass is 365 g/mol. The van der Waals surface area contributed by atoms with Gasteiger partial charge >= 0.3 is 5.97 Å². The Bertz CT molecular complexity index is 730. The average Bonchev–Trinajstić information content (AvgIpc) is 2.87. The summed E-state index contributed by atoms with van der Waals surface area (Å²) in [6.45, 7) is 3.77. The van der Waals surface area contributed by atoms with Crippen LogP contribution in [0.5, 0.6) is 11.5 Å². The van der Waals surface area contributed by atoms with Gasteiger partial charge in [0.2, 0.25) is 0 Å². The van der Waals surface area contributed by atoms with Crippen LogP contribution in [0.25, 0.3) is 6.08 Å². The Kier molecular flexibility index (Phi) is 6.08. The number of rotatable bonds is 6. The van der Waals surface area contributed by atoms with Gasteiger partial charge in [-0.25, -0.2) is 4.79 Å². The third-order valence-corrected chi connectivity index (χ3v) is 4.42. The van der Waals surface area contributed by atoms with E-state index in [4.69, 9.17) is 9.47 Å². The van der Waals surface area contributed by atoms with E-state index in [0.717, 1.165) is 16.7 Å². The summed E-state index contributed by atoms with van der Waals surface area (Å²) >= 11 is 0.781. The lowest BCUT2D eigenvalue weighted by Gasteiger charge is -2.18. The molecule has 1 aliphatic rings. The minimum absolute atomic E-state index is 0.230. The SMILES string of the molecule is CCOc1cc(/C=C2\SC(=O)N(C(C)C(=O)OC)C2=O)ccc1OC. The zero-order chi connectivity index (χ0) is 18.6. The standard InChI is InChI=1S/C17H19NO6S/c1-5-24-13-8-11(6-7-12(13)22-3)9-14-15(19)18(17(21)25-14)10(2)16(20)23-4/h6-10H,5H2,1-4H3/b14-9-. The first-order valence-corrected chi connectivity index (χ1v) is 8.40. The number of hydrogen-bond acceptors (Lipinski definition) is 7.